The highest BCUT2D eigenvalue weighted by Crippen LogP contribution is 2.31. The Morgan fingerprint density at radius 1 is 1.26 bits per heavy atom. The lowest BCUT2D eigenvalue weighted by Crippen LogP contribution is -2.17. The average Bonchev–Trinajstić information content (AvgIpc) is 3.38. The van der Waals surface area contributed by atoms with Gasteiger partial charge in [-0.05, 0) is 62.3 Å². The van der Waals surface area contributed by atoms with Gasteiger partial charge < -0.3 is 20.0 Å². The first-order valence-electron chi connectivity index (χ1n) is 10.6. The van der Waals surface area contributed by atoms with Gasteiger partial charge in [-0.3, -0.25) is 0 Å². The lowest BCUT2D eigenvalue weighted by Gasteiger charge is -2.09. The molecule has 0 fully saturated rings. The molecule has 0 aliphatic carbocycles. The first-order valence-corrected chi connectivity index (χ1v) is 11.5. The number of carbonyl (C=O) groups excluding carboxylic acids is 1. The van der Waals surface area contributed by atoms with E-state index in [0.717, 1.165) is 53.7 Å². The number of fused-ring (bicyclic) bond motifs is 2. The molecule has 1 aliphatic rings. The number of hydrogen-bond donors (Lipinski definition) is 2. The van der Waals surface area contributed by atoms with E-state index >= 15 is 0 Å². The number of carbonyl (C=O) groups is 1. The van der Waals surface area contributed by atoms with Crippen molar-refractivity contribution >= 4 is 55.8 Å². The highest BCUT2D eigenvalue weighted by Gasteiger charge is 2.13. The summed E-state index contributed by atoms with van der Waals surface area (Å²) in [5, 5.41) is 4.68. The maximum Gasteiger partial charge on any atom is 0.139 e. The van der Waals surface area contributed by atoms with E-state index in [2.05, 4.69) is 62.6 Å². The van der Waals surface area contributed by atoms with Gasteiger partial charge in [0.25, 0.3) is 0 Å². The van der Waals surface area contributed by atoms with Crippen molar-refractivity contribution in [1.82, 2.24) is 19.9 Å². The van der Waals surface area contributed by atoms with Gasteiger partial charge in [0.1, 0.15) is 11.9 Å². The van der Waals surface area contributed by atoms with Gasteiger partial charge in [0.15, 0.2) is 0 Å². The quantitative estimate of drug-likeness (QED) is 0.409. The Labute approximate surface area is 186 Å². The van der Waals surface area contributed by atoms with Crippen molar-refractivity contribution in [2.24, 2.45) is 0 Å². The van der Waals surface area contributed by atoms with Crippen molar-refractivity contribution < 1.29 is 4.79 Å². The van der Waals surface area contributed by atoms with Crippen LogP contribution in [0.15, 0.2) is 48.1 Å². The molecule has 5 rings (SSSR count). The maximum atomic E-state index is 9.17. The highest BCUT2D eigenvalue weighted by molar-refractivity contribution is 7.16. The molecule has 0 bridgehead atoms. The van der Waals surface area contributed by atoms with Gasteiger partial charge in [-0.1, -0.05) is 13.0 Å². The molecule has 0 atom stereocenters. The van der Waals surface area contributed by atoms with Crippen LogP contribution < -0.4 is 5.32 Å². The van der Waals surface area contributed by atoms with E-state index in [-0.39, 0.29) is 0 Å². The second-order valence-electron chi connectivity index (χ2n) is 7.63. The van der Waals surface area contributed by atoms with Gasteiger partial charge in [0.05, 0.1) is 21.4 Å². The minimum absolute atomic E-state index is 0.639. The van der Waals surface area contributed by atoms with Gasteiger partial charge in [-0.25, -0.2) is 9.97 Å². The SMILES string of the molecule is CCC=O.CN1CC=C(c2cc3c(Nc4ccc5ncsc5c4)ccnc3[nH]2)CCC1. The van der Waals surface area contributed by atoms with E-state index in [4.69, 9.17) is 0 Å². The van der Waals surface area contributed by atoms with E-state index in [1.165, 1.54) is 22.4 Å². The first kappa shape index (κ1) is 21.2. The second-order valence-corrected chi connectivity index (χ2v) is 8.52. The molecule has 3 aromatic heterocycles. The zero-order valence-corrected chi connectivity index (χ0v) is 18.7. The number of thiazole rings is 1. The fourth-order valence-electron chi connectivity index (χ4n) is 3.64. The number of aromatic nitrogens is 3. The number of aromatic amines is 1. The standard InChI is InChI=1S/C21H21N5S.C3H6O/c1-26-9-2-3-14(7-10-26)19-12-16-17(6-8-22-21(16)25-19)24-15-4-5-18-20(11-15)27-13-23-18;1-2-3-4/h4-8,11-13H,2-3,9-10H2,1H3,(H2,22,24,25);3H,2H2,1H3. The van der Waals surface area contributed by atoms with Crippen molar-refractivity contribution in [3.63, 3.8) is 0 Å². The molecule has 4 aromatic rings. The van der Waals surface area contributed by atoms with Crippen LogP contribution in [-0.2, 0) is 4.79 Å². The summed E-state index contributed by atoms with van der Waals surface area (Å²) in [6, 6.07) is 10.5. The summed E-state index contributed by atoms with van der Waals surface area (Å²) < 4.78 is 1.19. The fraction of sp³-hybridized carbons (Fsp3) is 0.292. The lowest BCUT2D eigenvalue weighted by molar-refractivity contribution is -0.107. The van der Waals surface area contributed by atoms with Gasteiger partial charge >= 0.3 is 0 Å². The number of aldehydes is 1. The van der Waals surface area contributed by atoms with E-state index in [9.17, 15) is 4.79 Å². The second kappa shape index (κ2) is 9.85. The normalized spacial score (nSPS) is 14.6. The van der Waals surface area contributed by atoms with Crippen molar-refractivity contribution in [3.05, 3.63) is 53.8 Å². The third-order valence-corrected chi connectivity index (χ3v) is 6.08. The van der Waals surface area contributed by atoms with Crippen LogP contribution in [0.4, 0.5) is 11.4 Å². The van der Waals surface area contributed by atoms with E-state index in [1.807, 2.05) is 24.7 Å². The van der Waals surface area contributed by atoms with E-state index in [0.29, 0.717) is 6.42 Å². The number of pyridine rings is 1. The van der Waals surface area contributed by atoms with Gasteiger partial charge in [0, 0.05) is 35.9 Å². The summed E-state index contributed by atoms with van der Waals surface area (Å²) in [5.41, 5.74) is 8.55. The summed E-state index contributed by atoms with van der Waals surface area (Å²) in [5.74, 6) is 0. The molecular weight excluding hydrogens is 406 g/mol. The van der Waals surface area contributed by atoms with Crippen LogP contribution in [0.25, 0.3) is 26.8 Å². The van der Waals surface area contributed by atoms with Crippen molar-refractivity contribution in [3.8, 4) is 0 Å². The molecule has 31 heavy (non-hydrogen) atoms. The number of rotatable bonds is 4. The van der Waals surface area contributed by atoms with Gasteiger partial charge in [-0.15, -0.1) is 11.3 Å². The van der Waals surface area contributed by atoms with Crippen LogP contribution >= 0.6 is 11.3 Å². The Morgan fingerprint density at radius 3 is 2.97 bits per heavy atom. The molecule has 7 heteroatoms. The Balaban J connectivity index is 0.000000535. The summed E-state index contributed by atoms with van der Waals surface area (Å²) in [4.78, 5) is 23.9. The number of likely N-dealkylation sites (N-methyl/N-ethyl adjacent to an activating group) is 1. The van der Waals surface area contributed by atoms with Crippen LogP contribution in [0.2, 0.25) is 0 Å². The Hall–Kier alpha value is -3.03. The molecule has 160 valence electrons. The molecule has 1 aromatic carbocycles. The molecule has 0 radical (unpaired) electrons. The summed E-state index contributed by atoms with van der Waals surface area (Å²) in [6.07, 6.45) is 7.99. The first-order chi connectivity index (χ1) is 15.2. The summed E-state index contributed by atoms with van der Waals surface area (Å²) in [6.45, 7) is 3.95. The Bertz CT molecular complexity index is 1210. The van der Waals surface area contributed by atoms with Crippen LogP contribution in [-0.4, -0.2) is 46.3 Å². The number of nitrogens with one attached hydrogen (secondary N) is 2. The molecular formula is C24H27N5OS. The molecule has 0 spiro atoms. The minimum atomic E-state index is 0.639. The van der Waals surface area contributed by atoms with Gasteiger partial charge in [-0.2, -0.15) is 0 Å². The van der Waals surface area contributed by atoms with Crippen LogP contribution in [0.3, 0.4) is 0 Å². The number of H-pyrrole nitrogens is 1. The van der Waals surface area contributed by atoms with E-state index < -0.39 is 0 Å². The van der Waals surface area contributed by atoms with Crippen LogP contribution in [0.1, 0.15) is 31.9 Å². The van der Waals surface area contributed by atoms with Crippen molar-refractivity contribution in [2.45, 2.75) is 26.2 Å². The molecule has 2 N–H and O–H groups in total. The predicted molar refractivity (Wildman–Crippen MR) is 130 cm³/mol. The number of anilines is 2. The molecule has 4 heterocycles. The Kier molecular flexibility index (Phi) is 6.74. The van der Waals surface area contributed by atoms with Crippen LogP contribution in [0.5, 0.6) is 0 Å². The number of allylic oxidation sites excluding steroid dienone is 1. The molecule has 0 amide bonds. The number of nitrogens with zero attached hydrogens (tertiary/aromatic N) is 3. The predicted octanol–water partition coefficient (Wildman–Crippen LogP) is 5.62. The number of hydrogen-bond acceptors (Lipinski definition) is 6. The molecule has 0 saturated carbocycles. The smallest absolute Gasteiger partial charge is 0.139 e. The zero-order valence-electron chi connectivity index (χ0n) is 17.9. The molecule has 0 saturated heterocycles. The lowest BCUT2D eigenvalue weighted by atomic mass is 10.1. The zero-order chi connectivity index (χ0) is 21.6. The maximum absolute atomic E-state index is 9.17. The molecule has 6 nitrogen and oxygen atoms in total. The Morgan fingerprint density at radius 2 is 2.13 bits per heavy atom. The molecule has 1 aliphatic heterocycles. The summed E-state index contributed by atoms with van der Waals surface area (Å²) >= 11 is 1.66. The minimum Gasteiger partial charge on any atom is -0.355 e. The topological polar surface area (TPSA) is 73.9 Å². The number of benzene rings is 1. The third-order valence-electron chi connectivity index (χ3n) is 5.29. The van der Waals surface area contributed by atoms with Crippen molar-refractivity contribution in [1.29, 1.82) is 0 Å². The van der Waals surface area contributed by atoms with E-state index in [1.54, 1.807) is 11.3 Å². The highest BCUT2D eigenvalue weighted by atomic mass is 32.1. The van der Waals surface area contributed by atoms with Crippen molar-refractivity contribution in [2.75, 3.05) is 25.5 Å². The third kappa shape index (κ3) is 5.00. The van der Waals surface area contributed by atoms with Crippen LogP contribution in [0, 0.1) is 0 Å². The molecule has 0 unspecified atom stereocenters. The largest absolute Gasteiger partial charge is 0.355 e. The monoisotopic (exact) mass is 433 g/mol. The van der Waals surface area contributed by atoms with Gasteiger partial charge in [0.2, 0.25) is 0 Å². The summed E-state index contributed by atoms with van der Waals surface area (Å²) in [7, 11) is 2.17. The average molecular weight is 434 g/mol. The fourth-order valence-corrected chi connectivity index (χ4v) is 4.36.